The fraction of sp³-hybridized carbons (Fsp3) is 0.150. The molecule has 1 atom stereocenters. The van der Waals surface area contributed by atoms with E-state index in [0.29, 0.717) is 11.3 Å². The van der Waals surface area contributed by atoms with Crippen molar-refractivity contribution in [3.63, 3.8) is 0 Å². The quantitative estimate of drug-likeness (QED) is 0.273. The van der Waals surface area contributed by atoms with Crippen LogP contribution in [0, 0.1) is 10.1 Å². The van der Waals surface area contributed by atoms with Gasteiger partial charge in [-0.05, 0) is 41.5 Å². The lowest BCUT2D eigenvalue weighted by atomic mass is 10.0. The number of carboxylic acid groups (broad SMARTS) is 3. The first kappa shape index (κ1) is 24.8. The molecule has 0 amide bonds. The van der Waals surface area contributed by atoms with E-state index < -0.39 is 28.9 Å². The lowest BCUT2D eigenvalue weighted by molar-refractivity contribution is -0.384. The molecule has 0 bridgehead atoms. The maximum atomic E-state index is 10.8. The monoisotopic (exact) mass is 433 g/mol. The predicted octanol–water partition coefficient (Wildman–Crippen LogP) is 2.29. The van der Waals surface area contributed by atoms with Gasteiger partial charge in [-0.15, -0.1) is 0 Å². The second-order valence-electron chi connectivity index (χ2n) is 5.89. The van der Waals surface area contributed by atoms with Gasteiger partial charge in [0.05, 0.1) is 30.1 Å². The number of aliphatic hydroxyl groups excluding tert-OH is 1. The van der Waals surface area contributed by atoms with Crippen LogP contribution in [0.1, 0.15) is 27.6 Å². The van der Waals surface area contributed by atoms with E-state index in [0.717, 1.165) is 12.2 Å². The Kier molecular flexibility index (Phi) is 9.34. The van der Waals surface area contributed by atoms with Crippen molar-refractivity contribution in [3.05, 3.63) is 81.4 Å². The highest BCUT2D eigenvalue weighted by Crippen LogP contribution is 2.19. The summed E-state index contributed by atoms with van der Waals surface area (Å²) in [4.78, 5) is 41.3. The Morgan fingerprint density at radius 1 is 1.10 bits per heavy atom. The van der Waals surface area contributed by atoms with Crippen molar-refractivity contribution < 1.29 is 44.5 Å². The number of carbonyl (C=O) groups is 3. The molecule has 0 fully saturated rings. The van der Waals surface area contributed by atoms with Gasteiger partial charge < -0.3 is 25.2 Å². The SMILES string of the molecule is COc1ccc(CC(=O)O)c(C(=O)O)c1.O=C(O)/C=C/C(O)c1ccc([N+](=O)[O-])cc1. The summed E-state index contributed by atoms with van der Waals surface area (Å²) < 4.78 is 4.85. The van der Waals surface area contributed by atoms with Crippen LogP contribution in [0.2, 0.25) is 0 Å². The molecule has 0 spiro atoms. The summed E-state index contributed by atoms with van der Waals surface area (Å²) >= 11 is 0. The third-order valence-corrected chi connectivity index (χ3v) is 3.76. The Morgan fingerprint density at radius 2 is 1.71 bits per heavy atom. The lowest BCUT2D eigenvalue weighted by Crippen LogP contribution is -2.08. The van der Waals surface area contributed by atoms with Crippen LogP contribution in [-0.2, 0) is 16.0 Å². The number of aliphatic carboxylic acids is 2. The number of nitrogens with zero attached hydrogens (tertiary/aromatic N) is 1. The van der Waals surface area contributed by atoms with Crippen LogP contribution in [0.15, 0.2) is 54.6 Å². The minimum Gasteiger partial charge on any atom is -0.497 e. The Labute approximate surface area is 175 Å². The maximum Gasteiger partial charge on any atom is 0.336 e. The summed E-state index contributed by atoms with van der Waals surface area (Å²) in [6.45, 7) is 0. The molecule has 0 saturated carbocycles. The molecule has 0 aliphatic rings. The van der Waals surface area contributed by atoms with Gasteiger partial charge in [-0.3, -0.25) is 14.9 Å². The van der Waals surface area contributed by atoms with Crippen LogP contribution < -0.4 is 4.74 Å². The second kappa shape index (κ2) is 11.7. The summed E-state index contributed by atoms with van der Waals surface area (Å²) in [5.41, 5.74) is 0.522. The van der Waals surface area contributed by atoms with Gasteiger partial charge in [0.25, 0.3) is 5.69 Å². The molecule has 2 aromatic rings. The summed E-state index contributed by atoms with van der Waals surface area (Å²) in [5.74, 6) is -3.00. The highest BCUT2D eigenvalue weighted by molar-refractivity contribution is 5.91. The minimum absolute atomic E-state index is 0.0447. The molecular formula is C20H19NO10. The predicted molar refractivity (Wildman–Crippen MR) is 106 cm³/mol. The van der Waals surface area contributed by atoms with Gasteiger partial charge in [0.1, 0.15) is 5.75 Å². The molecule has 0 heterocycles. The van der Waals surface area contributed by atoms with E-state index >= 15 is 0 Å². The molecule has 2 aromatic carbocycles. The summed E-state index contributed by atoms with van der Waals surface area (Å²) in [7, 11) is 1.41. The summed E-state index contributed by atoms with van der Waals surface area (Å²) in [5, 5.41) is 45.6. The molecular weight excluding hydrogens is 414 g/mol. The number of ether oxygens (including phenoxy) is 1. The number of hydrogen-bond donors (Lipinski definition) is 4. The van der Waals surface area contributed by atoms with Gasteiger partial charge in [-0.1, -0.05) is 6.07 Å². The molecule has 11 nitrogen and oxygen atoms in total. The first-order valence-electron chi connectivity index (χ1n) is 8.50. The highest BCUT2D eigenvalue weighted by atomic mass is 16.6. The van der Waals surface area contributed by atoms with Crippen LogP contribution in [0.4, 0.5) is 5.69 Å². The van der Waals surface area contributed by atoms with Crippen LogP contribution in [0.5, 0.6) is 5.75 Å². The summed E-state index contributed by atoms with van der Waals surface area (Å²) in [6, 6.07) is 9.51. The maximum absolute atomic E-state index is 10.8. The molecule has 4 N–H and O–H groups in total. The Balaban J connectivity index is 0.000000311. The number of aliphatic hydroxyl groups is 1. The van der Waals surface area contributed by atoms with Gasteiger partial charge in [0.15, 0.2) is 0 Å². The largest absolute Gasteiger partial charge is 0.497 e. The van der Waals surface area contributed by atoms with E-state index in [9.17, 15) is 29.6 Å². The van der Waals surface area contributed by atoms with E-state index in [-0.39, 0.29) is 23.2 Å². The second-order valence-corrected chi connectivity index (χ2v) is 5.89. The molecule has 11 heteroatoms. The molecule has 164 valence electrons. The fourth-order valence-electron chi connectivity index (χ4n) is 2.28. The normalized spacial score (nSPS) is 11.2. The smallest absolute Gasteiger partial charge is 0.336 e. The number of non-ortho nitro benzene ring substituents is 1. The van der Waals surface area contributed by atoms with E-state index in [1.807, 2.05) is 0 Å². The average Bonchev–Trinajstić information content (AvgIpc) is 2.72. The molecule has 31 heavy (non-hydrogen) atoms. The van der Waals surface area contributed by atoms with Crippen LogP contribution in [0.25, 0.3) is 0 Å². The molecule has 1 unspecified atom stereocenters. The van der Waals surface area contributed by atoms with Gasteiger partial charge >= 0.3 is 17.9 Å². The standard InChI is InChI=1S/C10H9NO5.C10H10O5/c12-9(5-6-10(13)14)7-1-3-8(4-2-7)11(15)16;1-15-7-3-2-6(4-9(11)12)8(5-7)10(13)14/h1-6,9,12H,(H,13,14);2-3,5H,4H2,1H3,(H,11,12)(H,13,14)/b6-5+;. The number of aromatic carboxylic acids is 1. The van der Waals surface area contributed by atoms with E-state index in [1.165, 1.54) is 49.6 Å². The van der Waals surface area contributed by atoms with Gasteiger partial charge in [0.2, 0.25) is 0 Å². The number of nitro groups is 1. The van der Waals surface area contributed by atoms with Gasteiger partial charge in [0, 0.05) is 18.2 Å². The van der Waals surface area contributed by atoms with Crippen LogP contribution in [-0.4, -0.2) is 50.4 Å². The van der Waals surface area contributed by atoms with Crippen LogP contribution in [0.3, 0.4) is 0 Å². The zero-order valence-electron chi connectivity index (χ0n) is 16.2. The Bertz CT molecular complexity index is 982. The zero-order valence-corrected chi connectivity index (χ0v) is 16.2. The molecule has 0 saturated heterocycles. The fourth-order valence-corrected chi connectivity index (χ4v) is 2.28. The number of hydrogen-bond acceptors (Lipinski definition) is 7. The van der Waals surface area contributed by atoms with Crippen LogP contribution >= 0.6 is 0 Å². The van der Waals surface area contributed by atoms with E-state index in [2.05, 4.69) is 0 Å². The third kappa shape index (κ3) is 8.33. The first-order valence-corrected chi connectivity index (χ1v) is 8.50. The van der Waals surface area contributed by atoms with Crippen molar-refractivity contribution in [1.82, 2.24) is 0 Å². The Hall–Kier alpha value is -4.25. The van der Waals surface area contributed by atoms with Crippen molar-refractivity contribution in [3.8, 4) is 5.75 Å². The van der Waals surface area contributed by atoms with E-state index in [4.69, 9.17) is 20.1 Å². The molecule has 0 aliphatic heterocycles. The van der Waals surface area contributed by atoms with Crippen molar-refractivity contribution in [2.24, 2.45) is 0 Å². The Morgan fingerprint density at radius 3 is 2.16 bits per heavy atom. The first-order chi connectivity index (χ1) is 14.5. The molecule has 0 aliphatic carbocycles. The van der Waals surface area contributed by atoms with Crippen molar-refractivity contribution in [2.45, 2.75) is 12.5 Å². The molecule has 2 rings (SSSR count). The minimum atomic E-state index is -1.17. The number of nitro benzene ring substituents is 1. The van der Waals surface area contributed by atoms with Crippen molar-refractivity contribution in [2.75, 3.05) is 7.11 Å². The molecule has 0 radical (unpaired) electrons. The summed E-state index contributed by atoms with van der Waals surface area (Å²) in [6.07, 6.45) is 0.498. The van der Waals surface area contributed by atoms with Crippen molar-refractivity contribution >= 4 is 23.6 Å². The highest BCUT2D eigenvalue weighted by Gasteiger charge is 2.13. The van der Waals surface area contributed by atoms with Gasteiger partial charge in [-0.25, -0.2) is 9.59 Å². The third-order valence-electron chi connectivity index (χ3n) is 3.76. The number of rotatable bonds is 8. The molecule has 0 aromatic heterocycles. The lowest BCUT2D eigenvalue weighted by Gasteiger charge is -2.06. The number of methoxy groups -OCH3 is 1. The average molecular weight is 433 g/mol. The zero-order chi connectivity index (χ0) is 23.6. The van der Waals surface area contributed by atoms with E-state index in [1.54, 1.807) is 0 Å². The number of benzene rings is 2. The number of carboxylic acids is 3. The topological polar surface area (TPSA) is 184 Å². The van der Waals surface area contributed by atoms with Gasteiger partial charge in [-0.2, -0.15) is 0 Å². The van der Waals surface area contributed by atoms with Crippen molar-refractivity contribution in [1.29, 1.82) is 0 Å².